The van der Waals surface area contributed by atoms with Gasteiger partial charge in [0, 0.05) is 6.92 Å². The normalized spacial score (nSPS) is 18.2. The Morgan fingerprint density at radius 3 is 1.45 bits per heavy atom. The zero-order valence-electron chi connectivity index (χ0n) is 25.1. The molecule has 5 aromatic rings. The number of hydrogen-bond acceptors (Lipinski definition) is 4. The molecule has 44 heavy (non-hydrogen) atoms. The molecular formula is C40H34O4. The maximum Gasteiger partial charge on any atom is 0.368 e. The lowest BCUT2D eigenvalue weighted by molar-refractivity contribution is -0.343. The highest BCUT2D eigenvalue weighted by Gasteiger charge is 2.41. The Balaban J connectivity index is 1.54. The van der Waals surface area contributed by atoms with Crippen LogP contribution in [0.15, 0.2) is 139 Å². The lowest BCUT2D eigenvalue weighted by Crippen LogP contribution is -2.42. The molecule has 218 valence electrons. The van der Waals surface area contributed by atoms with E-state index < -0.39 is 5.97 Å². The molecule has 1 unspecified atom stereocenters. The molecule has 5 aromatic carbocycles. The quantitative estimate of drug-likeness (QED) is 0.180. The van der Waals surface area contributed by atoms with Crippen LogP contribution >= 0.6 is 0 Å². The lowest BCUT2D eigenvalue weighted by atomic mass is 9.91. The molecule has 4 heteroatoms. The van der Waals surface area contributed by atoms with Gasteiger partial charge < -0.3 is 14.2 Å². The summed E-state index contributed by atoms with van der Waals surface area (Å²) in [4.78, 5) is 14.2. The van der Waals surface area contributed by atoms with Crippen molar-refractivity contribution in [3.8, 4) is 33.4 Å². The minimum absolute atomic E-state index is 0.147. The van der Waals surface area contributed by atoms with Gasteiger partial charge in [0.1, 0.15) is 0 Å². The summed E-state index contributed by atoms with van der Waals surface area (Å²) >= 11 is 0. The third-order valence-electron chi connectivity index (χ3n) is 7.68. The van der Waals surface area contributed by atoms with Crippen molar-refractivity contribution in [3.05, 3.63) is 156 Å². The summed E-state index contributed by atoms with van der Waals surface area (Å²) in [6, 6.07) is 42.7. The molecule has 0 saturated carbocycles. The molecule has 1 aliphatic rings. The summed E-state index contributed by atoms with van der Waals surface area (Å²) in [5, 5.41) is 0. The topological polar surface area (TPSA) is 44.8 Å². The van der Waals surface area contributed by atoms with E-state index in [-0.39, 0.29) is 17.3 Å². The fourth-order valence-corrected chi connectivity index (χ4v) is 5.61. The Labute approximate surface area is 258 Å². The van der Waals surface area contributed by atoms with Crippen LogP contribution in [-0.4, -0.2) is 18.4 Å². The highest BCUT2D eigenvalue weighted by Crippen LogP contribution is 2.39. The van der Waals surface area contributed by atoms with E-state index in [9.17, 15) is 4.79 Å². The first kappa shape index (κ1) is 28.9. The van der Waals surface area contributed by atoms with Gasteiger partial charge in [-0.05, 0) is 76.1 Å². The Hall–Kier alpha value is -5.19. The molecule has 0 aromatic heterocycles. The van der Waals surface area contributed by atoms with Gasteiger partial charge in [-0.15, -0.1) is 0 Å². The van der Waals surface area contributed by atoms with Crippen LogP contribution in [0.5, 0.6) is 0 Å². The van der Waals surface area contributed by atoms with Gasteiger partial charge in [-0.25, -0.2) is 0 Å². The average molecular weight is 579 g/mol. The van der Waals surface area contributed by atoms with Crippen LogP contribution in [0.1, 0.15) is 30.5 Å². The molecule has 0 bridgehead atoms. The van der Waals surface area contributed by atoms with Gasteiger partial charge in [0.15, 0.2) is 11.5 Å². The van der Waals surface area contributed by atoms with Crippen molar-refractivity contribution in [2.24, 2.45) is 0 Å². The van der Waals surface area contributed by atoms with Crippen molar-refractivity contribution in [2.75, 3.05) is 6.61 Å². The van der Waals surface area contributed by atoms with E-state index in [1.165, 1.54) is 0 Å². The maximum atomic E-state index is 14.2. The van der Waals surface area contributed by atoms with E-state index in [1.807, 2.05) is 98.8 Å². The molecule has 1 atom stereocenters. The Morgan fingerprint density at radius 2 is 1.00 bits per heavy atom. The fraction of sp³-hybridized carbons (Fsp3) is 0.125. The van der Waals surface area contributed by atoms with Crippen molar-refractivity contribution in [1.29, 1.82) is 0 Å². The van der Waals surface area contributed by atoms with Crippen molar-refractivity contribution in [2.45, 2.75) is 26.7 Å². The van der Waals surface area contributed by atoms with Crippen LogP contribution < -0.4 is 0 Å². The summed E-state index contributed by atoms with van der Waals surface area (Å²) < 4.78 is 18.4. The monoisotopic (exact) mass is 578 g/mol. The predicted octanol–water partition coefficient (Wildman–Crippen LogP) is 9.70. The van der Waals surface area contributed by atoms with E-state index in [0.29, 0.717) is 6.61 Å². The summed E-state index contributed by atoms with van der Waals surface area (Å²) in [6.07, 6.45) is 3.64. The van der Waals surface area contributed by atoms with Crippen molar-refractivity contribution >= 4 is 17.9 Å². The average Bonchev–Trinajstić information content (AvgIpc) is 3.05. The number of ketones is 1. The van der Waals surface area contributed by atoms with Gasteiger partial charge in [-0.2, -0.15) is 0 Å². The van der Waals surface area contributed by atoms with E-state index in [0.717, 1.165) is 50.1 Å². The Morgan fingerprint density at radius 1 is 0.591 bits per heavy atom. The van der Waals surface area contributed by atoms with E-state index >= 15 is 0 Å². The van der Waals surface area contributed by atoms with Gasteiger partial charge in [0.2, 0.25) is 0 Å². The molecule has 0 radical (unpaired) electrons. The summed E-state index contributed by atoms with van der Waals surface area (Å²) in [6.45, 7) is 5.93. The molecule has 0 amide bonds. The standard InChI is InChI=1S/C40H34O4/c1-4-42-40(3)43-37(26-35-28(2)16-14-23-32(35)29-17-8-5-9-18-29)39(41)38(44-40)27-36-33(30-19-10-6-11-20-30)24-15-25-34(36)31-21-12-7-13-22-31/h5-27H,4H2,1-3H3/b37-26-,38-27-. The predicted molar refractivity (Wildman–Crippen MR) is 177 cm³/mol. The minimum Gasteiger partial charge on any atom is -0.426 e. The molecule has 0 N–H and O–H groups in total. The number of aryl methyl sites for hydroxylation is 1. The molecule has 0 aliphatic carbocycles. The molecule has 1 aliphatic heterocycles. The highest BCUT2D eigenvalue weighted by atomic mass is 16.9. The zero-order chi connectivity index (χ0) is 30.5. The summed E-state index contributed by atoms with van der Waals surface area (Å²) in [7, 11) is 0. The van der Waals surface area contributed by atoms with Crippen molar-refractivity contribution in [1.82, 2.24) is 0 Å². The van der Waals surface area contributed by atoms with Crippen LogP contribution in [0.4, 0.5) is 0 Å². The van der Waals surface area contributed by atoms with Gasteiger partial charge in [-0.1, -0.05) is 127 Å². The first-order valence-corrected chi connectivity index (χ1v) is 14.8. The SMILES string of the molecule is CCOC1(C)O/C(=C\c2c(C)cccc2-c2ccccc2)C(=O)/C(=C/c2c(-c3ccccc3)cccc2-c2ccccc2)O1. The van der Waals surface area contributed by atoms with Gasteiger partial charge in [0.25, 0.3) is 5.78 Å². The number of carbonyl (C=O) groups is 1. The third-order valence-corrected chi connectivity index (χ3v) is 7.68. The maximum absolute atomic E-state index is 14.2. The number of carbonyl (C=O) groups excluding carboxylic acids is 1. The van der Waals surface area contributed by atoms with E-state index in [4.69, 9.17) is 14.2 Å². The third kappa shape index (κ3) is 5.98. The number of ether oxygens (including phenoxy) is 3. The molecule has 0 spiro atoms. The van der Waals surface area contributed by atoms with E-state index in [2.05, 4.69) is 54.6 Å². The van der Waals surface area contributed by atoms with Crippen LogP contribution in [0.3, 0.4) is 0 Å². The molecule has 6 rings (SSSR count). The van der Waals surface area contributed by atoms with Gasteiger partial charge >= 0.3 is 5.97 Å². The molecule has 4 nitrogen and oxygen atoms in total. The number of benzene rings is 5. The zero-order valence-corrected chi connectivity index (χ0v) is 25.1. The second-order valence-electron chi connectivity index (χ2n) is 10.7. The Kier molecular flexibility index (Phi) is 8.27. The van der Waals surface area contributed by atoms with Gasteiger partial charge in [0.05, 0.1) is 6.61 Å². The van der Waals surface area contributed by atoms with Crippen molar-refractivity contribution < 1.29 is 19.0 Å². The van der Waals surface area contributed by atoms with Crippen LogP contribution in [0.25, 0.3) is 45.5 Å². The number of Topliss-reactive ketones (excluding diaryl/α,β-unsaturated/α-hetero) is 1. The molecule has 1 heterocycles. The number of rotatable bonds is 7. The summed E-state index contributed by atoms with van der Waals surface area (Å²) in [5.41, 5.74) is 8.88. The first-order valence-electron chi connectivity index (χ1n) is 14.8. The number of hydrogen-bond donors (Lipinski definition) is 0. The van der Waals surface area contributed by atoms with Gasteiger partial charge in [-0.3, -0.25) is 4.79 Å². The molecule has 1 fully saturated rings. The fourth-order valence-electron chi connectivity index (χ4n) is 5.61. The smallest absolute Gasteiger partial charge is 0.368 e. The van der Waals surface area contributed by atoms with Crippen LogP contribution in [0.2, 0.25) is 0 Å². The second kappa shape index (κ2) is 12.6. The largest absolute Gasteiger partial charge is 0.426 e. The highest BCUT2D eigenvalue weighted by molar-refractivity contribution is 6.12. The second-order valence-corrected chi connectivity index (χ2v) is 10.7. The minimum atomic E-state index is -1.50. The summed E-state index contributed by atoms with van der Waals surface area (Å²) in [5.74, 6) is -1.55. The Bertz CT molecular complexity index is 1780. The lowest BCUT2D eigenvalue weighted by Gasteiger charge is -2.35. The van der Waals surface area contributed by atoms with Crippen LogP contribution in [0, 0.1) is 6.92 Å². The van der Waals surface area contributed by atoms with E-state index in [1.54, 1.807) is 6.92 Å². The van der Waals surface area contributed by atoms with Crippen molar-refractivity contribution in [3.63, 3.8) is 0 Å². The molecular weight excluding hydrogens is 544 g/mol. The van der Waals surface area contributed by atoms with Crippen LogP contribution in [-0.2, 0) is 19.0 Å². The first-order chi connectivity index (χ1) is 21.5. The molecule has 1 saturated heterocycles.